The van der Waals surface area contributed by atoms with Crippen molar-refractivity contribution < 1.29 is 17.2 Å². The number of benzene rings is 2. The summed E-state index contributed by atoms with van der Waals surface area (Å²) in [6.45, 7) is 1.81. The Kier molecular flexibility index (Phi) is 4.00. The minimum atomic E-state index is -3.98. The highest BCUT2D eigenvalue weighted by Gasteiger charge is 2.34. The van der Waals surface area contributed by atoms with Crippen LogP contribution in [0.2, 0.25) is 0 Å². The minimum Gasteiger partial charge on any atom is -0.381 e. The van der Waals surface area contributed by atoms with Crippen molar-refractivity contribution in [2.75, 3.05) is 18.4 Å². The fourth-order valence-corrected chi connectivity index (χ4v) is 5.09. The Labute approximate surface area is 145 Å². The zero-order valence-corrected chi connectivity index (χ0v) is 14.2. The quantitative estimate of drug-likeness (QED) is 0.860. The molecule has 2 heterocycles. The molecule has 4 rings (SSSR count). The Morgan fingerprint density at radius 1 is 0.920 bits per heavy atom. The number of nitrogens with one attached hydrogen (secondary N) is 2. The van der Waals surface area contributed by atoms with Gasteiger partial charge in [0.05, 0.1) is 9.79 Å². The second-order valence-corrected chi connectivity index (χ2v) is 8.49. The van der Waals surface area contributed by atoms with Crippen molar-refractivity contribution in [3.8, 4) is 0 Å². The van der Waals surface area contributed by atoms with Crippen LogP contribution >= 0.6 is 0 Å². The van der Waals surface area contributed by atoms with Gasteiger partial charge in [-0.15, -0.1) is 0 Å². The molecule has 0 aliphatic carbocycles. The summed E-state index contributed by atoms with van der Waals surface area (Å²) in [6, 6.07) is 7.54. The van der Waals surface area contributed by atoms with Crippen LogP contribution in [0.4, 0.5) is 14.5 Å². The molecular weight excluding hydrogens is 346 g/mol. The van der Waals surface area contributed by atoms with Gasteiger partial charge in [-0.1, -0.05) is 0 Å². The molecule has 0 spiro atoms. The number of halogens is 2. The monoisotopic (exact) mass is 364 g/mol. The molecule has 25 heavy (non-hydrogen) atoms. The SMILES string of the molecule is O=S(=O)(c1cc(F)cc(F)c1)c1ccc2c(c1)[C@@H]1CCNCC[C@@H]1N2. The van der Waals surface area contributed by atoms with Crippen molar-refractivity contribution in [1.82, 2.24) is 5.32 Å². The summed E-state index contributed by atoms with van der Waals surface area (Å²) in [5.41, 5.74) is 1.91. The lowest BCUT2D eigenvalue weighted by Gasteiger charge is -2.16. The van der Waals surface area contributed by atoms with Gasteiger partial charge in [0.1, 0.15) is 11.6 Å². The van der Waals surface area contributed by atoms with E-state index in [1.54, 1.807) is 12.1 Å². The molecule has 0 bridgehead atoms. The highest BCUT2D eigenvalue weighted by Crippen LogP contribution is 2.41. The van der Waals surface area contributed by atoms with Gasteiger partial charge in [0, 0.05) is 23.7 Å². The summed E-state index contributed by atoms with van der Waals surface area (Å²) in [4.78, 5) is -0.300. The molecule has 2 aromatic carbocycles. The maximum atomic E-state index is 13.4. The standard InChI is InChI=1S/C18H18F2N2O2S/c19-11-7-12(20)9-14(8-11)25(23,24)13-1-2-17-16(10-13)15-3-5-21-6-4-18(15)22-17/h1-2,7-10,15,18,21-22H,3-6H2/t15-,18-/m0/s1. The summed E-state index contributed by atoms with van der Waals surface area (Å²) in [5, 5.41) is 6.81. The van der Waals surface area contributed by atoms with Gasteiger partial charge in [-0.3, -0.25) is 0 Å². The van der Waals surface area contributed by atoms with Gasteiger partial charge in [0.25, 0.3) is 0 Å². The van der Waals surface area contributed by atoms with Gasteiger partial charge in [0.15, 0.2) is 0 Å². The average molecular weight is 364 g/mol. The fourth-order valence-electron chi connectivity index (χ4n) is 3.75. The lowest BCUT2D eigenvalue weighted by Crippen LogP contribution is -2.21. The first-order chi connectivity index (χ1) is 11.9. The number of fused-ring (bicyclic) bond motifs is 3. The van der Waals surface area contributed by atoms with Crippen LogP contribution in [0.25, 0.3) is 0 Å². The third-order valence-electron chi connectivity index (χ3n) is 4.97. The molecule has 0 saturated carbocycles. The van der Waals surface area contributed by atoms with E-state index in [0.717, 1.165) is 49.3 Å². The van der Waals surface area contributed by atoms with Crippen LogP contribution in [0.5, 0.6) is 0 Å². The molecule has 7 heteroatoms. The van der Waals surface area contributed by atoms with Crippen LogP contribution in [-0.2, 0) is 9.84 Å². The molecule has 0 unspecified atom stereocenters. The second-order valence-electron chi connectivity index (χ2n) is 6.54. The largest absolute Gasteiger partial charge is 0.381 e. The molecule has 2 aliphatic heterocycles. The normalized spacial score (nSPS) is 22.6. The minimum absolute atomic E-state index is 0.0657. The van der Waals surface area contributed by atoms with Crippen LogP contribution in [0, 0.1) is 11.6 Å². The van der Waals surface area contributed by atoms with E-state index in [4.69, 9.17) is 0 Å². The van der Waals surface area contributed by atoms with E-state index < -0.39 is 21.5 Å². The summed E-state index contributed by atoms with van der Waals surface area (Å²) >= 11 is 0. The zero-order chi connectivity index (χ0) is 17.6. The Morgan fingerprint density at radius 3 is 2.40 bits per heavy atom. The molecule has 132 valence electrons. The van der Waals surface area contributed by atoms with E-state index in [0.29, 0.717) is 6.07 Å². The number of hydrogen-bond donors (Lipinski definition) is 2. The molecule has 0 radical (unpaired) electrons. The third-order valence-corrected chi connectivity index (χ3v) is 6.70. The van der Waals surface area contributed by atoms with Gasteiger partial charge >= 0.3 is 0 Å². The van der Waals surface area contributed by atoms with Crippen molar-refractivity contribution in [3.63, 3.8) is 0 Å². The lowest BCUT2D eigenvalue weighted by molar-refractivity contribution is 0.566. The molecule has 0 amide bonds. The van der Waals surface area contributed by atoms with Crippen LogP contribution in [-0.4, -0.2) is 27.5 Å². The van der Waals surface area contributed by atoms with E-state index >= 15 is 0 Å². The van der Waals surface area contributed by atoms with Gasteiger partial charge in [-0.05, 0) is 61.8 Å². The van der Waals surface area contributed by atoms with Crippen molar-refractivity contribution in [3.05, 3.63) is 53.6 Å². The van der Waals surface area contributed by atoms with Crippen molar-refractivity contribution >= 4 is 15.5 Å². The van der Waals surface area contributed by atoms with E-state index in [9.17, 15) is 17.2 Å². The van der Waals surface area contributed by atoms with E-state index in [2.05, 4.69) is 10.6 Å². The van der Waals surface area contributed by atoms with Crippen LogP contribution in [0.15, 0.2) is 46.2 Å². The van der Waals surface area contributed by atoms with E-state index in [1.165, 1.54) is 6.07 Å². The third kappa shape index (κ3) is 2.91. The molecule has 2 aliphatic rings. The number of rotatable bonds is 2. The molecule has 1 fully saturated rings. The van der Waals surface area contributed by atoms with Gasteiger partial charge in [0.2, 0.25) is 9.84 Å². The predicted octanol–water partition coefficient (Wildman–Crippen LogP) is 3.06. The van der Waals surface area contributed by atoms with Crippen LogP contribution in [0.3, 0.4) is 0 Å². The molecule has 2 atom stereocenters. The summed E-state index contributed by atoms with van der Waals surface area (Å²) in [6.07, 6.45) is 1.89. The fraction of sp³-hybridized carbons (Fsp3) is 0.333. The Bertz CT molecular complexity index is 910. The molecule has 0 aromatic heterocycles. The first kappa shape index (κ1) is 16.5. The summed E-state index contributed by atoms with van der Waals surface area (Å²) in [7, 11) is -3.98. The topological polar surface area (TPSA) is 58.2 Å². The molecule has 2 aromatic rings. The molecule has 2 N–H and O–H groups in total. The molecule has 4 nitrogen and oxygen atoms in total. The highest BCUT2D eigenvalue weighted by atomic mass is 32.2. The number of anilines is 1. The number of hydrogen-bond acceptors (Lipinski definition) is 4. The van der Waals surface area contributed by atoms with Gasteiger partial charge in [-0.2, -0.15) is 0 Å². The average Bonchev–Trinajstić information content (AvgIpc) is 2.74. The Hall–Kier alpha value is -1.99. The van der Waals surface area contributed by atoms with Crippen LogP contribution in [0.1, 0.15) is 24.3 Å². The van der Waals surface area contributed by atoms with Crippen molar-refractivity contribution in [1.29, 1.82) is 0 Å². The zero-order valence-electron chi connectivity index (χ0n) is 13.4. The summed E-state index contributed by atoms with van der Waals surface area (Å²) < 4.78 is 52.5. The van der Waals surface area contributed by atoms with Gasteiger partial charge in [-0.25, -0.2) is 17.2 Å². The predicted molar refractivity (Wildman–Crippen MR) is 90.5 cm³/mol. The van der Waals surface area contributed by atoms with E-state index in [1.807, 2.05) is 0 Å². The maximum absolute atomic E-state index is 13.4. The second kappa shape index (κ2) is 6.07. The van der Waals surface area contributed by atoms with Crippen molar-refractivity contribution in [2.24, 2.45) is 0 Å². The first-order valence-electron chi connectivity index (χ1n) is 8.27. The summed E-state index contributed by atoms with van der Waals surface area (Å²) in [5.74, 6) is -1.57. The first-order valence-corrected chi connectivity index (χ1v) is 9.76. The number of sulfone groups is 1. The molecule has 1 saturated heterocycles. The van der Waals surface area contributed by atoms with Gasteiger partial charge < -0.3 is 10.6 Å². The van der Waals surface area contributed by atoms with Crippen LogP contribution < -0.4 is 10.6 Å². The smallest absolute Gasteiger partial charge is 0.206 e. The van der Waals surface area contributed by atoms with E-state index in [-0.39, 0.29) is 21.8 Å². The lowest BCUT2D eigenvalue weighted by atomic mass is 9.91. The maximum Gasteiger partial charge on any atom is 0.206 e. The highest BCUT2D eigenvalue weighted by molar-refractivity contribution is 7.91. The van der Waals surface area contributed by atoms with Crippen molar-refractivity contribution in [2.45, 2.75) is 34.6 Å². The Balaban J connectivity index is 1.76. The Morgan fingerprint density at radius 2 is 1.64 bits per heavy atom. The molecular formula is C18H18F2N2O2S.